The molecule has 1 N–H and O–H groups in total. The molecule has 6 heteroatoms. The number of carbonyl (C=O) groups excluding carboxylic acids is 1. The minimum absolute atomic E-state index is 0.0704. The van der Waals surface area contributed by atoms with Crippen LogP contribution in [0.5, 0.6) is 0 Å². The molecule has 0 aliphatic carbocycles. The largest absolute Gasteiger partial charge is 0.369 e. The summed E-state index contributed by atoms with van der Waals surface area (Å²) in [4.78, 5) is 18.1. The fourth-order valence-electron chi connectivity index (χ4n) is 3.18. The Hall–Kier alpha value is -2.49. The monoisotopic (exact) mass is 380 g/mol. The van der Waals surface area contributed by atoms with Crippen molar-refractivity contribution in [2.75, 3.05) is 49.9 Å². The van der Waals surface area contributed by atoms with Crippen LogP contribution < -0.4 is 10.2 Å². The van der Waals surface area contributed by atoms with E-state index < -0.39 is 0 Å². The average Bonchev–Trinajstić information content (AvgIpc) is 2.73. The van der Waals surface area contributed by atoms with E-state index in [2.05, 4.69) is 45.5 Å². The van der Waals surface area contributed by atoms with E-state index in [-0.39, 0.29) is 5.91 Å². The molecule has 1 heterocycles. The fourth-order valence-corrected chi connectivity index (χ4v) is 3.89. The average molecular weight is 381 g/mol. The lowest BCUT2D eigenvalue weighted by Crippen LogP contribution is -2.48. The van der Waals surface area contributed by atoms with Crippen LogP contribution in [-0.4, -0.2) is 55.8 Å². The first-order chi connectivity index (χ1) is 13.3. The second-order valence-electron chi connectivity index (χ2n) is 6.36. The van der Waals surface area contributed by atoms with Crippen LogP contribution in [0.2, 0.25) is 0 Å². The lowest BCUT2D eigenvalue weighted by atomic mass is 10.2. The van der Waals surface area contributed by atoms with Crippen LogP contribution in [0.1, 0.15) is 10.4 Å². The molecule has 0 spiro atoms. The molecule has 140 valence electrons. The number of hydrogen-bond donors (Lipinski definition) is 1. The van der Waals surface area contributed by atoms with Gasteiger partial charge in [0.2, 0.25) is 0 Å². The van der Waals surface area contributed by atoms with Gasteiger partial charge < -0.3 is 10.2 Å². The van der Waals surface area contributed by atoms with Gasteiger partial charge in [0.25, 0.3) is 5.91 Å². The molecule has 5 nitrogen and oxygen atoms in total. The van der Waals surface area contributed by atoms with Gasteiger partial charge in [-0.25, -0.2) is 0 Å². The molecule has 0 saturated carbocycles. The lowest BCUT2D eigenvalue weighted by molar-refractivity contribution is 0.0945. The number of nitrogens with one attached hydrogen (secondary N) is 1. The number of hydrogen-bond acceptors (Lipinski definition) is 5. The van der Waals surface area contributed by atoms with Crippen LogP contribution in [0.25, 0.3) is 0 Å². The van der Waals surface area contributed by atoms with Crippen LogP contribution in [0.3, 0.4) is 0 Å². The molecular weight excluding hydrogens is 356 g/mol. The summed E-state index contributed by atoms with van der Waals surface area (Å²) in [6.45, 7) is 5.49. The van der Waals surface area contributed by atoms with Gasteiger partial charge in [-0.3, -0.25) is 9.69 Å². The van der Waals surface area contributed by atoms with Crippen LogP contribution in [0.4, 0.5) is 5.69 Å². The maximum absolute atomic E-state index is 12.5. The molecule has 2 aromatic carbocycles. The molecule has 1 amide bonds. The van der Waals surface area contributed by atoms with Gasteiger partial charge in [-0.1, -0.05) is 30.3 Å². The smallest absolute Gasteiger partial charge is 0.252 e. The van der Waals surface area contributed by atoms with Gasteiger partial charge in [0.1, 0.15) is 0 Å². The first-order valence-electron chi connectivity index (χ1n) is 9.17. The van der Waals surface area contributed by atoms with Gasteiger partial charge in [0.15, 0.2) is 0 Å². The molecule has 0 radical (unpaired) electrons. The summed E-state index contributed by atoms with van der Waals surface area (Å²) in [5.74, 6) is 0.273. The Bertz CT molecular complexity index is 782. The highest BCUT2D eigenvalue weighted by Gasteiger charge is 2.17. The summed E-state index contributed by atoms with van der Waals surface area (Å²) in [6, 6.07) is 20.0. The predicted molar refractivity (Wildman–Crippen MR) is 110 cm³/mol. The van der Waals surface area contributed by atoms with Crippen molar-refractivity contribution < 1.29 is 4.79 Å². The summed E-state index contributed by atoms with van der Waals surface area (Å²) in [7, 11) is 0. The standard InChI is InChI=1S/C21H24N4OS/c22-10-17-27-20-9-5-4-8-19(20)21(26)23-11-12-24-13-15-25(16-14-24)18-6-2-1-3-7-18/h1-9H,11-17H2,(H,23,26). The summed E-state index contributed by atoms with van der Waals surface area (Å²) < 4.78 is 0. The zero-order valence-corrected chi connectivity index (χ0v) is 16.1. The molecule has 1 fully saturated rings. The molecule has 1 aliphatic rings. The normalized spacial score (nSPS) is 14.6. The zero-order valence-electron chi connectivity index (χ0n) is 15.3. The Balaban J connectivity index is 1.43. The number of carbonyl (C=O) groups is 1. The summed E-state index contributed by atoms with van der Waals surface area (Å²) in [5.41, 5.74) is 1.92. The third-order valence-corrected chi connectivity index (χ3v) is 5.57. The van der Waals surface area contributed by atoms with Crippen molar-refractivity contribution in [3.8, 4) is 6.07 Å². The fraction of sp³-hybridized carbons (Fsp3) is 0.333. The lowest BCUT2D eigenvalue weighted by Gasteiger charge is -2.36. The van der Waals surface area contributed by atoms with E-state index in [1.807, 2.05) is 30.3 Å². The van der Waals surface area contributed by atoms with Crippen molar-refractivity contribution in [3.05, 3.63) is 60.2 Å². The van der Waals surface area contributed by atoms with E-state index in [0.717, 1.165) is 37.6 Å². The first kappa shape index (κ1) is 19.3. The third-order valence-electron chi connectivity index (χ3n) is 4.63. The Kier molecular flexibility index (Phi) is 7.14. The second kappa shape index (κ2) is 10.0. The first-order valence-corrected chi connectivity index (χ1v) is 10.2. The topological polar surface area (TPSA) is 59.4 Å². The zero-order chi connectivity index (χ0) is 18.9. The highest BCUT2D eigenvalue weighted by molar-refractivity contribution is 7.99. The van der Waals surface area contributed by atoms with Crippen LogP contribution in [-0.2, 0) is 0 Å². The third kappa shape index (κ3) is 5.49. The molecular formula is C21H24N4OS. The molecule has 27 heavy (non-hydrogen) atoms. The number of rotatable bonds is 7. The maximum atomic E-state index is 12.5. The van der Waals surface area contributed by atoms with Crippen molar-refractivity contribution in [2.24, 2.45) is 0 Å². The number of benzene rings is 2. The molecule has 2 aromatic rings. The molecule has 0 aromatic heterocycles. The summed E-state index contributed by atoms with van der Waals surface area (Å²) >= 11 is 1.40. The summed E-state index contributed by atoms with van der Waals surface area (Å²) in [5, 5.41) is 11.8. The number of nitriles is 1. The van der Waals surface area contributed by atoms with Crippen molar-refractivity contribution in [1.82, 2.24) is 10.2 Å². The van der Waals surface area contributed by atoms with Gasteiger partial charge >= 0.3 is 0 Å². The quantitative estimate of drug-likeness (QED) is 0.749. The van der Waals surface area contributed by atoms with Gasteiger partial charge in [-0.15, -0.1) is 11.8 Å². The van der Waals surface area contributed by atoms with E-state index in [1.165, 1.54) is 17.4 Å². The second-order valence-corrected chi connectivity index (χ2v) is 7.38. The van der Waals surface area contributed by atoms with Crippen molar-refractivity contribution in [3.63, 3.8) is 0 Å². The number of anilines is 1. The minimum Gasteiger partial charge on any atom is -0.369 e. The van der Waals surface area contributed by atoms with Crippen molar-refractivity contribution in [2.45, 2.75) is 4.90 Å². The Morgan fingerprint density at radius 1 is 1.04 bits per heavy atom. The molecule has 0 unspecified atom stereocenters. The predicted octanol–water partition coefficient (Wildman–Crippen LogP) is 2.85. The van der Waals surface area contributed by atoms with Crippen LogP contribution in [0, 0.1) is 11.3 Å². The van der Waals surface area contributed by atoms with Crippen LogP contribution in [0.15, 0.2) is 59.5 Å². The van der Waals surface area contributed by atoms with E-state index in [9.17, 15) is 4.79 Å². The van der Waals surface area contributed by atoms with Gasteiger partial charge in [-0.2, -0.15) is 5.26 Å². The molecule has 1 saturated heterocycles. The van der Waals surface area contributed by atoms with Gasteiger partial charge in [0.05, 0.1) is 17.4 Å². The highest BCUT2D eigenvalue weighted by atomic mass is 32.2. The minimum atomic E-state index is -0.0704. The summed E-state index contributed by atoms with van der Waals surface area (Å²) in [6.07, 6.45) is 0. The Labute approximate surface area is 165 Å². The Morgan fingerprint density at radius 2 is 1.74 bits per heavy atom. The van der Waals surface area contributed by atoms with E-state index in [0.29, 0.717) is 17.9 Å². The van der Waals surface area contributed by atoms with Crippen molar-refractivity contribution >= 4 is 23.4 Å². The van der Waals surface area contributed by atoms with Gasteiger partial charge in [-0.05, 0) is 24.3 Å². The SMILES string of the molecule is N#CCSc1ccccc1C(=O)NCCN1CCN(c2ccccc2)CC1. The molecule has 0 bridgehead atoms. The van der Waals surface area contributed by atoms with Gasteiger partial charge in [0, 0.05) is 49.9 Å². The van der Waals surface area contributed by atoms with Crippen molar-refractivity contribution in [1.29, 1.82) is 5.26 Å². The number of para-hydroxylation sites is 1. The molecule has 0 atom stereocenters. The van der Waals surface area contributed by atoms with E-state index >= 15 is 0 Å². The van der Waals surface area contributed by atoms with E-state index in [1.54, 1.807) is 0 Å². The highest BCUT2D eigenvalue weighted by Crippen LogP contribution is 2.22. The number of amides is 1. The molecule has 3 rings (SSSR count). The maximum Gasteiger partial charge on any atom is 0.252 e. The number of nitrogens with zero attached hydrogens (tertiary/aromatic N) is 3. The van der Waals surface area contributed by atoms with Crippen LogP contribution >= 0.6 is 11.8 Å². The number of thioether (sulfide) groups is 1. The molecule has 1 aliphatic heterocycles. The Morgan fingerprint density at radius 3 is 2.48 bits per heavy atom. The van der Waals surface area contributed by atoms with E-state index in [4.69, 9.17) is 5.26 Å². The number of piperazine rings is 1.